The standard InChI is InChI=1S/C18H15F3N2O3S/c1-26-13-5-3-2-4-11(13)22-16(24)9-15-17(25)23-12-8-10(18(19,20)21)6-7-14(12)27-15/h2-8,15H,9H2,1H3,(H,22,24)(H,23,25)/t15-/m0/s1. The summed E-state index contributed by atoms with van der Waals surface area (Å²) >= 11 is 1.06. The molecular weight excluding hydrogens is 381 g/mol. The van der Waals surface area contributed by atoms with Crippen LogP contribution in [0, 0.1) is 0 Å². The van der Waals surface area contributed by atoms with Gasteiger partial charge in [-0.25, -0.2) is 0 Å². The molecule has 0 saturated carbocycles. The van der Waals surface area contributed by atoms with Crippen LogP contribution in [0.4, 0.5) is 24.5 Å². The molecule has 0 saturated heterocycles. The van der Waals surface area contributed by atoms with Crippen LogP contribution < -0.4 is 15.4 Å². The Hall–Kier alpha value is -2.68. The highest BCUT2D eigenvalue weighted by molar-refractivity contribution is 8.01. The molecule has 1 aliphatic heterocycles. The Morgan fingerprint density at radius 1 is 1.26 bits per heavy atom. The Bertz CT molecular complexity index is 886. The molecule has 9 heteroatoms. The van der Waals surface area contributed by atoms with Crippen LogP contribution in [0.5, 0.6) is 5.75 Å². The number of methoxy groups -OCH3 is 1. The summed E-state index contributed by atoms with van der Waals surface area (Å²) in [6.45, 7) is 0. The molecule has 1 atom stereocenters. The van der Waals surface area contributed by atoms with Gasteiger partial charge in [-0.15, -0.1) is 11.8 Å². The van der Waals surface area contributed by atoms with E-state index in [4.69, 9.17) is 4.74 Å². The summed E-state index contributed by atoms with van der Waals surface area (Å²) < 4.78 is 43.5. The van der Waals surface area contributed by atoms with Crippen LogP contribution >= 0.6 is 11.8 Å². The lowest BCUT2D eigenvalue weighted by Crippen LogP contribution is -2.32. The van der Waals surface area contributed by atoms with Gasteiger partial charge >= 0.3 is 6.18 Å². The smallest absolute Gasteiger partial charge is 0.416 e. The number of para-hydroxylation sites is 2. The third kappa shape index (κ3) is 4.36. The maximum atomic E-state index is 12.8. The zero-order valence-corrected chi connectivity index (χ0v) is 14.9. The second-order valence-electron chi connectivity index (χ2n) is 5.76. The fraction of sp³-hybridized carbons (Fsp3) is 0.222. The molecule has 0 bridgehead atoms. The van der Waals surface area contributed by atoms with Gasteiger partial charge in [0.15, 0.2) is 0 Å². The molecule has 142 valence electrons. The SMILES string of the molecule is COc1ccccc1NC(=O)C[C@@H]1Sc2ccc(C(F)(F)F)cc2NC1=O. The molecule has 0 unspecified atom stereocenters. The first kappa shape index (κ1) is 19.1. The number of thioether (sulfide) groups is 1. The van der Waals surface area contributed by atoms with Crippen molar-refractivity contribution in [2.75, 3.05) is 17.7 Å². The average Bonchev–Trinajstić information content (AvgIpc) is 2.61. The molecule has 2 N–H and O–H groups in total. The molecule has 0 fully saturated rings. The Morgan fingerprint density at radius 2 is 2.00 bits per heavy atom. The lowest BCUT2D eigenvalue weighted by molar-refractivity contribution is -0.137. The first-order valence-electron chi connectivity index (χ1n) is 7.89. The summed E-state index contributed by atoms with van der Waals surface area (Å²) in [6.07, 6.45) is -4.62. The molecule has 0 radical (unpaired) electrons. The number of nitrogens with one attached hydrogen (secondary N) is 2. The van der Waals surface area contributed by atoms with E-state index in [1.54, 1.807) is 24.3 Å². The molecule has 0 spiro atoms. The predicted octanol–water partition coefficient (Wildman–Crippen LogP) is 4.16. The van der Waals surface area contributed by atoms with Gasteiger partial charge in [0.05, 0.1) is 29.3 Å². The fourth-order valence-electron chi connectivity index (χ4n) is 2.58. The number of rotatable bonds is 4. The number of benzene rings is 2. The number of fused-ring (bicyclic) bond motifs is 1. The predicted molar refractivity (Wildman–Crippen MR) is 96.0 cm³/mol. The van der Waals surface area contributed by atoms with Crippen molar-refractivity contribution in [3.63, 3.8) is 0 Å². The molecule has 5 nitrogen and oxygen atoms in total. The molecule has 27 heavy (non-hydrogen) atoms. The Balaban J connectivity index is 1.70. The van der Waals surface area contributed by atoms with Crippen LogP contribution in [0.1, 0.15) is 12.0 Å². The number of amides is 2. The van der Waals surface area contributed by atoms with Crippen molar-refractivity contribution in [1.82, 2.24) is 0 Å². The Kier molecular flexibility index (Phi) is 5.31. The molecule has 2 aromatic carbocycles. The van der Waals surface area contributed by atoms with Crippen LogP contribution in [0.2, 0.25) is 0 Å². The molecular formula is C18H15F3N2O3S. The lowest BCUT2D eigenvalue weighted by Gasteiger charge is -2.24. The summed E-state index contributed by atoms with van der Waals surface area (Å²) in [6, 6.07) is 9.98. The zero-order valence-electron chi connectivity index (χ0n) is 14.1. The van der Waals surface area contributed by atoms with Crippen molar-refractivity contribution in [2.24, 2.45) is 0 Å². The number of hydrogen-bond acceptors (Lipinski definition) is 4. The highest BCUT2D eigenvalue weighted by Crippen LogP contribution is 2.40. The van der Waals surface area contributed by atoms with Crippen LogP contribution in [0.3, 0.4) is 0 Å². The minimum atomic E-state index is -4.49. The van der Waals surface area contributed by atoms with Crippen molar-refractivity contribution in [2.45, 2.75) is 22.7 Å². The maximum Gasteiger partial charge on any atom is 0.416 e. The van der Waals surface area contributed by atoms with E-state index in [9.17, 15) is 22.8 Å². The average molecular weight is 396 g/mol. The number of carbonyl (C=O) groups is 2. The minimum absolute atomic E-state index is 0.0983. The summed E-state index contributed by atoms with van der Waals surface area (Å²) in [7, 11) is 1.47. The summed E-state index contributed by atoms with van der Waals surface area (Å²) in [4.78, 5) is 25.0. The number of hydrogen-bond donors (Lipinski definition) is 2. The monoisotopic (exact) mass is 396 g/mol. The molecule has 1 heterocycles. The second kappa shape index (κ2) is 7.51. The van der Waals surface area contributed by atoms with Crippen molar-refractivity contribution in [3.05, 3.63) is 48.0 Å². The van der Waals surface area contributed by atoms with Gasteiger partial charge in [-0.05, 0) is 30.3 Å². The summed E-state index contributed by atoms with van der Waals surface area (Å²) in [5, 5.41) is 4.38. The second-order valence-corrected chi connectivity index (χ2v) is 7.00. The van der Waals surface area contributed by atoms with E-state index in [-0.39, 0.29) is 12.1 Å². The van der Waals surface area contributed by atoms with E-state index in [0.29, 0.717) is 16.3 Å². The number of carbonyl (C=O) groups excluding carboxylic acids is 2. The van der Waals surface area contributed by atoms with Gasteiger partial charge in [-0.1, -0.05) is 12.1 Å². The van der Waals surface area contributed by atoms with Gasteiger partial charge in [0, 0.05) is 11.3 Å². The molecule has 2 aromatic rings. The summed E-state index contributed by atoms with van der Waals surface area (Å²) in [5.41, 5.74) is -0.267. The van der Waals surface area contributed by atoms with Gasteiger partial charge in [-0.2, -0.15) is 13.2 Å². The van der Waals surface area contributed by atoms with E-state index in [1.807, 2.05) is 0 Å². The van der Waals surface area contributed by atoms with Crippen molar-refractivity contribution in [1.29, 1.82) is 0 Å². The van der Waals surface area contributed by atoms with Gasteiger partial charge in [0.1, 0.15) is 5.75 Å². The highest BCUT2D eigenvalue weighted by atomic mass is 32.2. The van der Waals surface area contributed by atoms with Crippen molar-refractivity contribution < 1.29 is 27.5 Å². The molecule has 0 aromatic heterocycles. The van der Waals surface area contributed by atoms with E-state index >= 15 is 0 Å². The molecule has 3 rings (SSSR count). The zero-order chi connectivity index (χ0) is 19.6. The van der Waals surface area contributed by atoms with E-state index < -0.39 is 28.8 Å². The van der Waals surface area contributed by atoms with E-state index in [1.165, 1.54) is 13.2 Å². The lowest BCUT2D eigenvalue weighted by atomic mass is 10.1. The minimum Gasteiger partial charge on any atom is -0.495 e. The van der Waals surface area contributed by atoms with Crippen LogP contribution in [-0.4, -0.2) is 24.2 Å². The molecule has 1 aliphatic rings. The quantitative estimate of drug-likeness (QED) is 0.815. The van der Waals surface area contributed by atoms with Gasteiger partial charge in [0.2, 0.25) is 11.8 Å². The van der Waals surface area contributed by atoms with E-state index in [0.717, 1.165) is 23.9 Å². The van der Waals surface area contributed by atoms with Gasteiger partial charge < -0.3 is 15.4 Å². The third-order valence-electron chi connectivity index (χ3n) is 3.88. The van der Waals surface area contributed by atoms with Gasteiger partial charge in [0.25, 0.3) is 0 Å². The van der Waals surface area contributed by atoms with Crippen molar-refractivity contribution >= 4 is 35.0 Å². The first-order valence-corrected chi connectivity index (χ1v) is 8.77. The molecule has 2 amide bonds. The maximum absolute atomic E-state index is 12.8. The largest absolute Gasteiger partial charge is 0.495 e. The van der Waals surface area contributed by atoms with Crippen LogP contribution in [0.25, 0.3) is 0 Å². The highest BCUT2D eigenvalue weighted by Gasteiger charge is 2.34. The number of anilines is 2. The Morgan fingerprint density at radius 3 is 2.70 bits per heavy atom. The van der Waals surface area contributed by atoms with Crippen LogP contribution in [0.15, 0.2) is 47.4 Å². The van der Waals surface area contributed by atoms with Crippen LogP contribution in [-0.2, 0) is 15.8 Å². The van der Waals surface area contributed by atoms with Crippen molar-refractivity contribution in [3.8, 4) is 5.75 Å². The number of halogens is 3. The topological polar surface area (TPSA) is 67.4 Å². The summed E-state index contributed by atoms with van der Waals surface area (Å²) in [5.74, 6) is -0.430. The Labute approximate surface area is 157 Å². The normalized spacial score (nSPS) is 16.3. The fourth-order valence-corrected chi connectivity index (χ4v) is 3.67. The first-order chi connectivity index (χ1) is 12.8. The number of ether oxygens (including phenoxy) is 1. The number of alkyl halides is 3. The van der Waals surface area contributed by atoms with E-state index in [2.05, 4.69) is 10.6 Å². The van der Waals surface area contributed by atoms with Gasteiger partial charge in [-0.3, -0.25) is 9.59 Å². The third-order valence-corrected chi connectivity index (χ3v) is 5.15. The molecule has 0 aliphatic carbocycles.